The summed E-state index contributed by atoms with van der Waals surface area (Å²) in [6.07, 6.45) is 8.39. The molecule has 0 radical (unpaired) electrons. The summed E-state index contributed by atoms with van der Waals surface area (Å²) < 4.78 is 0. The van der Waals surface area contributed by atoms with E-state index in [0.717, 1.165) is 17.3 Å². The quantitative estimate of drug-likeness (QED) is 0.894. The largest absolute Gasteiger partial charge is 0.306 e. The first-order valence-electron chi connectivity index (χ1n) is 8.16. The van der Waals surface area contributed by atoms with Crippen LogP contribution in [0.1, 0.15) is 62.1 Å². The first kappa shape index (κ1) is 13.8. The van der Waals surface area contributed by atoms with Crippen molar-refractivity contribution < 1.29 is 0 Å². The lowest BCUT2D eigenvalue weighted by Crippen LogP contribution is -2.63. The molecule has 4 fully saturated rings. The van der Waals surface area contributed by atoms with Crippen LogP contribution in [0.15, 0.2) is 12.1 Å². The first-order chi connectivity index (χ1) is 9.92. The van der Waals surface area contributed by atoms with Crippen molar-refractivity contribution in [3.63, 3.8) is 0 Å². The molecule has 4 aliphatic rings. The maximum atomic E-state index is 8.96. The minimum absolute atomic E-state index is 0.361. The summed E-state index contributed by atoms with van der Waals surface area (Å²) in [6.45, 7) is 5.97. The molecule has 1 aromatic heterocycles. The molecule has 1 heterocycles. The van der Waals surface area contributed by atoms with Crippen LogP contribution < -0.4 is 5.32 Å². The van der Waals surface area contributed by atoms with Crippen LogP contribution >= 0.6 is 11.3 Å². The summed E-state index contributed by atoms with van der Waals surface area (Å²) in [5, 5.41) is 12.9. The van der Waals surface area contributed by atoms with Crippen molar-refractivity contribution in [2.45, 2.75) is 64.5 Å². The Labute approximate surface area is 131 Å². The number of hydrogen-bond acceptors (Lipinski definition) is 3. The molecule has 1 N–H and O–H groups in total. The number of thiophene rings is 1. The summed E-state index contributed by atoms with van der Waals surface area (Å²) in [5.41, 5.74) is 1.49. The van der Waals surface area contributed by atoms with E-state index in [9.17, 15) is 0 Å². The standard InChI is InChI=1S/C18H24N2S/c1-16-5-13-6-17(2,10-16)12-18(7-13,11-16)20-9-15-4-3-14(8-19)21-15/h3-4,13,20H,5-7,9-12H2,1-2H3. The van der Waals surface area contributed by atoms with Gasteiger partial charge in [0.15, 0.2) is 0 Å². The molecule has 4 bridgehead atoms. The van der Waals surface area contributed by atoms with Crippen molar-refractivity contribution in [1.29, 1.82) is 5.26 Å². The Morgan fingerprint density at radius 2 is 1.90 bits per heavy atom. The highest BCUT2D eigenvalue weighted by atomic mass is 32.1. The third kappa shape index (κ3) is 2.33. The van der Waals surface area contributed by atoms with E-state index in [4.69, 9.17) is 5.26 Å². The van der Waals surface area contributed by atoms with Crippen LogP contribution in [0.5, 0.6) is 0 Å². The van der Waals surface area contributed by atoms with E-state index in [0.29, 0.717) is 16.4 Å². The van der Waals surface area contributed by atoms with Gasteiger partial charge in [-0.3, -0.25) is 0 Å². The van der Waals surface area contributed by atoms with Crippen LogP contribution in [0.3, 0.4) is 0 Å². The van der Waals surface area contributed by atoms with E-state index in [2.05, 4.69) is 31.3 Å². The average Bonchev–Trinajstić information content (AvgIpc) is 2.80. The van der Waals surface area contributed by atoms with Gasteiger partial charge in [-0.15, -0.1) is 11.3 Å². The topological polar surface area (TPSA) is 35.8 Å². The van der Waals surface area contributed by atoms with Gasteiger partial charge in [-0.1, -0.05) is 13.8 Å². The van der Waals surface area contributed by atoms with Gasteiger partial charge in [-0.2, -0.15) is 5.26 Å². The minimum Gasteiger partial charge on any atom is -0.306 e. The van der Waals surface area contributed by atoms with E-state index < -0.39 is 0 Å². The lowest BCUT2D eigenvalue weighted by atomic mass is 9.43. The Kier molecular flexibility index (Phi) is 2.85. The fourth-order valence-electron chi connectivity index (χ4n) is 6.45. The van der Waals surface area contributed by atoms with Crippen molar-refractivity contribution in [3.05, 3.63) is 21.9 Å². The van der Waals surface area contributed by atoms with Crippen LogP contribution in [0.4, 0.5) is 0 Å². The smallest absolute Gasteiger partial charge is 0.110 e. The Morgan fingerprint density at radius 1 is 1.19 bits per heavy atom. The number of nitrogens with zero attached hydrogens (tertiary/aromatic N) is 1. The van der Waals surface area contributed by atoms with Crippen molar-refractivity contribution in [2.24, 2.45) is 16.7 Å². The molecular formula is C18H24N2S. The van der Waals surface area contributed by atoms with E-state index >= 15 is 0 Å². The number of hydrogen-bond donors (Lipinski definition) is 1. The highest BCUT2D eigenvalue weighted by Crippen LogP contribution is 2.66. The second kappa shape index (κ2) is 4.33. The molecule has 0 aromatic carbocycles. The van der Waals surface area contributed by atoms with Gasteiger partial charge in [0.2, 0.25) is 0 Å². The lowest BCUT2D eigenvalue weighted by molar-refractivity contribution is -0.118. The molecule has 2 nitrogen and oxygen atoms in total. The molecule has 5 rings (SSSR count). The summed E-state index contributed by atoms with van der Waals surface area (Å²) in [7, 11) is 0. The Morgan fingerprint density at radius 3 is 2.48 bits per heavy atom. The summed E-state index contributed by atoms with van der Waals surface area (Å²) >= 11 is 1.64. The molecule has 112 valence electrons. The zero-order valence-electron chi connectivity index (χ0n) is 13.0. The molecule has 3 heteroatoms. The van der Waals surface area contributed by atoms with E-state index in [1.807, 2.05) is 6.07 Å². The van der Waals surface area contributed by atoms with Crippen molar-refractivity contribution in [3.8, 4) is 6.07 Å². The number of nitriles is 1. The summed E-state index contributed by atoms with van der Waals surface area (Å²) in [5.74, 6) is 0.932. The maximum absolute atomic E-state index is 8.96. The fourth-order valence-corrected chi connectivity index (χ4v) is 7.20. The molecule has 0 saturated heterocycles. The van der Waals surface area contributed by atoms with Gasteiger partial charge in [0.25, 0.3) is 0 Å². The third-order valence-corrected chi connectivity index (χ3v) is 7.03. The summed E-state index contributed by atoms with van der Waals surface area (Å²) in [4.78, 5) is 2.13. The Bertz CT molecular complexity index is 593. The highest BCUT2D eigenvalue weighted by Gasteiger charge is 2.59. The predicted octanol–water partition coefficient (Wildman–Crippen LogP) is 4.46. The van der Waals surface area contributed by atoms with Crippen molar-refractivity contribution in [2.75, 3.05) is 0 Å². The Hall–Kier alpha value is -0.850. The predicted molar refractivity (Wildman–Crippen MR) is 86.0 cm³/mol. The minimum atomic E-state index is 0.361. The molecular weight excluding hydrogens is 276 g/mol. The van der Waals surface area contributed by atoms with Gasteiger partial charge in [0.1, 0.15) is 10.9 Å². The van der Waals surface area contributed by atoms with Crippen molar-refractivity contribution in [1.82, 2.24) is 5.32 Å². The molecule has 1 aromatic rings. The molecule has 4 saturated carbocycles. The number of rotatable bonds is 3. The molecule has 0 aliphatic heterocycles. The van der Waals surface area contributed by atoms with Crippen LogP contribution in [0, 0.1) is 28.1 Å². The maximum Gasteiger partial charge on any atom is 0.110 e. The first-order valence-corrected chi connectivity index (χ1v) is 8.97. The second-order valence-electron chi connectivity index (χ2n) is 8.64. The van der Waals surface area contributed by atoms with E-state index in [-0.39, 0.29) is 0 Å². The highest BCUT2D eigenvalue weighted by molar-refractivity contribution is 7.12. The van der Waals surface area contributed by atoms with Crippen LogP contribution in [-0.4, -0.2) is 5.54 Å². The van der Waals surface area contributed by atoms with Gasteiger partial charge in [0.05, 0.1) is 0 Å². The van der Waals surface area contributed by atoms with Gasteiger partial charge < -0.3 is 5.32 Å². The fraction of sp³-hybridized carbons (Fsp3) is 0.722. The molecule has 2 unspecified atom stereocenters. The van der Waals surface area contributed by atoms with Crippen LogP contribution in [-0.2, 0) is 6.54 Å². The van der Waals surface area contributed by atoms with Gasteiger partial charge >= 0.3 is 0 Å². The molecule has 2 atom stereocenters. The van der Waals surface area contributed by atoms with E-state index in [1.54, 1.807) is 11.3 Å². The van der Waals surface area contributed by atoms with Crippen molar-refractivity contribution >= 4 is 11.3 Å². The second-order valence-corrected chi connectivity index (χ2v) is 9.81. The third-order valence-electron chi connectivity index (χ3n) is 6.04. The zero-order valence-corrected chi connectivity index (χ0v) is 13.9. The molecule has 21 heavy (non-hydrogen) atoms. The van der Waals surface area contributed by atoms with Gasteiger partial charge in [-0.05, 0) is 67.4 Å². The summed E-state index contributed by atoms with van der Waals surface area (Å²) in [6, 6.07) is 6.30. The molecule has 0 spiro atoms. The van der Waals surface area contributed by atoms with Crippen LogP contribution in [0.2, 0.25) is 0 Å². The monoisotopic (exact) mass is 300 g/mol. The number of nitrogens with one attached hydrogen (secondary N) is 1. The van der Waals surface area contributed by atoms with Crippen LogP contribution in [0.25, 0.3) is 0 Å². The Balaban J connectivity index is 1.53. The molecule has 4 aliphatic carbocycles. The lowest BCUT2D eigenvalue weighted by Gasteiger charge is -2.65. The SMILES string of the molecule is CC12CC3CC(C)(C1)CC(NCc1ccc(C#N)s1)(C3)C2. The van der Waals surface area contributed by atoms with Gasteiger partial charge in [-0.25, -0.2) is 0 Å². The zero-order chi connectivity index (χ0) is 14.7. The average molecular weight is 300 g/mol. The van der Waals surface area contributed by atoms with Gasteiger partial charge in [0, 0.05) is 17.0 Å². The van der Waals surface area contributed by atoms with E-state index in [1.165, 1.54) is 43.4 Å². The normalized spacial score (nSPS) is 44.0. The molecule has 0 amide bonds.